The molecule has 2 aliphatic rings. The van der Waals surface area contributed by atoms with E-state index in [1.54, 1.807) is 23.5 Å². The number of thioether (sulfide) groups is 2. The molecule has 2 rings (SSSR count). The van der Waals surface area contributed by atoms with Crippen molar-refractivity contribution in [2.75, 3.05) is 37.1 Å². The Bertz CT molecular complexity index is 665. The van der Waals surface area contributed by atoms with Crippen LogP contribution in [0.4, 0.5) is 0 Å². The van der Waals surface area contributed by atoms with Crippen LogP contribution >= 0.6 is 23.5 Å². The summed E-state index contributed by atoms with van der Waals surface area (Å²) in [4.78, 5) is 53.3. The molecule has 0 radical (unpaired) electrons. The summed E-state index contributed by atoms with van der Waals surface area (Å²) < 4.78 is 0. The third kappa shape index (κ3) is 6.76. The molecule has 4 unspecified atom stereocenters. The molecule has 0 aromatic heterocycles. The third-order valence-corrected chi connectivity index (χ3v) is 7.12. The molecule has 11 heteroatoms. The van der Waals surface area contributed by atoms with E-state index >= 15 is 0 Å². The first-order valence-electron chi connectivity index (χ1n) is 10.7. The number of nitrogens with two attached hydrogens (primary N) is 1. The number of nitrogens with zero attached hydrogens (tertiary/aromatic N) is 2. The van der Waals surface area contributed by atoms with Crippen LogP contribution in [0.5, 0.6) is 0 Å². The summed E-state index contributed by atoms with van der Waals surface area (Å²) >= 11 is 3.17. The van der Waals surface area contributed by atoms with Crippen molar-refractivity contribution < 1.29 is 24.3 Å². The number of aliphatic carboxylic acids is 1. The zero-order valence-electron chi connectivity index (χ0n) is 18.2. The topological polar surface area (TPSA) is 133 Å². The minimum atomic E-state index is -1.02. The van der Waals surface area contributed by atoms with Crippen LogP contribution in [-0.2, 0) is 19.2 Å². The third-order valence-electron chi connectivity index (χ3n) is 5.83. The number of nitrogens with one attached hydrogen (secondary N) is 1. The van der Waals surface area contributed by atoms with Crippen molar-refractivity contribution in [3.8, 4) is 0 Å². The van der Waals surface area contributed by atoms with Gasteiger partial charge in [-0.25, -0.2) is 4.79 Å². The smallest absolute Gasteiger partial charge is 0.326 e. The van der Waals surface area contributed by atoms with Crippen LogP contribution in [-0.4, -0.2) is 99.9 Å². The molecule has 4 N–H and O–H groups in total. The van der Waals surface area contributed by atoms with E-state index in [2.05, 4.69) is 5.32 Å². The molecule has 2 heterocycles. The van der Waals surface area contributed by atoms with Crippen molar-refractivity contribution in [3.05, 3.63) is 0 Å². The fraction of sp³-hybridized carbons (Fsp3) is 0.800. The summed E-state index contributed by atoms with van der Waals surface area (Å²) in [5, 5.41) is 12.2. The first kappa shape index (κ1) is 25.8. The van der Waals surface area contributed by atoms with Crippen molar-refractivity contribution >= 4 is 47.2 Å². The average Bonchev–Trinajstić information content (AvgIpc) is 3.43. The summed E-state index contributed by atoms with van der Waals surface area (Å²) in [6, 6.07) is -2.94. The van der Waals surface area contributed by atoms with Crippen LogP contribution in [0.15, 0.2) is 0 Å². The van der Waals surface area contributed by atoms with Gasteiger partial charge < -0.3 is 26.0 Å². The van der Waals surface area contributed by atoms with Crippen LogP contribution in [0.2, 0.25) is 0 Å². The van der Waals surface area contributed by atoms with Crippen LogP contribution in [0.3, 0.4) is 0 Å². The molecule has 0 aliphatic carbocycles. The molecule has 3 amide bonds. The van der Waals surface area contributed by atoms with Gasteiger partial charge >= 0.3 is 5.97 Å². The van der Waals surface area contributed by atoms with Crippen molar-refractivity contribution in [2.45, 2.75) is 62.7 Å². The molecule has 0 bridgehead atoms. The Morgan fingerprint density at radius 2 is 1.52 bits per heavy atom. The second kappa shape index (κ2) is 12.5. The molecule has 2 saturated heterocycles. The number of amides is 3. The summed E-state index contributed by atoms with van der Waals surface area (Å²) in [5.41, 5.74) is 6.03. The number of carboxylic acid groups (broad SMARTS) is 1. The molecule has 9 nitrogen and oxygen atoms in total. The van der Waals surface area contributed by atoms with E-state index in [4.69, 9.17) is 5.73 Å². The molecule has 0 aromatic rings. The zero-order valence-corrected chi connectivity index (χ0v) is 19.9. The Balaban J connectivity index is 2.07. The zero-order chi connectivity index (χ0) is 23.0. The van der Waals surface area contributed by atoms with Crippen LogP contribution < -0.4 is 11.1 Å². The summed E-state index contributed by atoms with van der Waals surface area (Å²) in [7, 11) is 0. The lowest BCUT2D eigenvalue weighted by molar-refractivity contribution is -0.149. The van der Waals surface area contributed by atoms with Gasteiger partial charge in [-0.3, -0.25) is 14.4 Å². The number of carbonyl (C=O) groups is 4. The number of carbonyl (C=O) groups excluding carboxylic acids is 3. The first-order chi connectivity index (χ1) is 14.8. The average molecular weight is 475 g/mol. The fourth-order valence-electron chi connectivity index (χ4n) is 4.13. The quantitative estimate of drug-likeness (QED) is 0.391. The Kier molecular flexibility index (Phi) is 10.4. The van der Waals surface area contributed by atoms with Gasteiger partial charge in [0.15, 0.2) is 0 Å². The van der Waals surface area contributed by atoms with Crippen molar-refractivity contribution in [2.24, 2.45) is 5.73 Å². The Labute approximate surface area is 192 Å². The SMILES string of the molecule is CSCCC(N)C(=O)N1CCCC1C(=O)NC(CCSC)C(=O)N1CCCC1C(=O)O. The van der Waals surface area contributed by atoms with Crippen LogP contribution in [0.1, 0.15) is 38.5 Å². The highest BCUT2D eigenvalue weighted by molar-refractivity contribution is 7.98. The minimum absolute atomic E-state index is 0.232. The van der Waals surface area contributed by atoms with Gasteiger partial charge in [0.2, 0.25) is 17.7 Å². The van der Waals surface area contributed by atoms with E-state index in [1.807, 2.05) is 12.5 Å². The molecule has 0 spiro atoms. The van der Waals surface area contributed by atoms with Gasteiger partial charge in [0, 0.05) is 13.1 Å². The number of hydrogen-bond donors (Lipinski definition) is 3. The number of likely N-dealkylation sites (tertiary alicyclic amines) is 2. The number of carboxylic acids is 1. The molecule has 2 aliphatic heterocycles. The highest BCUT2D eigenvalue weighted by Crippen LogP contribution is 2.22. The normalized spacial score (nSPS) is 22.9. The Morgan fingerprint density at radius 3 is 2.10 bits per heavy atom. The second-order valence-corrected chi connectivity index (χ2v) is 9.92. The van der Waals surface area contributed by atoms with Gasteiger partial charge in [-0.2, -0.15) is 23.5 Å². The molecule has 31 heavy (non-hydrogen) atoms. The lowest BCUT2D eigenvalue weighted by atomic mass is 10.1. The Morgan fingerprint density at radius 1 is 0.968 bits per heavy atom. The van der Waals surface area contributed by atoms with E-state index in [-0.39, 0.29) is 17.7 Å². The van der Waals surface area contributed by atoms with Gasteiger partial charge in [0.1, 0.15) is 18.1 Å². The maximum atomic E-state index is 13.1. The number of hydrogen-bond acceptors (Lipinski definition) is 7. The summed E-state index contributed by atoms with van der Waals surface area (Å²) in [6.45, 7) is 0.848. The van der Waals surface area contributed by atoms with Gasteiger partial charge in [0.05, 0.1) is 6.04 Å². The van der Waals surface area contributed by atoms with E-state index in [9.17, 15) is 24.3 Å². The second-order valence-electron chi connectivity index (χ2n) is 7.95. The monoisotopic (exact) mass is 474 g/mol. The molecule has 4 atom stereocenters. The van der Waals surface area contributed by atoms with Gasteiger partial charge in [0.25, 0.3) is 0 Å². The molecule has 176 valence electrons. The summed E-state index contributed by atoms with van der Waals surface area (Å²) in [6.07, 6.45) is 7.09. The van der Waals surface area contributed by atoms with E-state index < -0.39 is 30.1 Å². The lowest BCUT2D eigenvalue weighted by Crippen LogP contribution is -2.56. The number of rotatable bonds is 11. The fourth-order valence-corrected chi connectivity index (χ4v) is 5.09. The maximum absolute atomic E-state index is 13.1. The van der Waals surface area contributed by atoms with Crippen LogP contribution in [0, 0.1) is 0 Å². The van der Waals surface area contributed by atoms with E-state index in [0.717, 1.165) is 5.75 Å². The van der Waals surface area contributed by atoms with Gasteiger partial charge in [-0.15, -0.1) is 0 Å². The molecule has 2 fully saturated rings. The van der Waals surface area contributed by atoms with Crippen LogP contribution in [0.25, 0.3) is 0 Å². The van der Waals surface area contributed by atoms with Gasteiger partial charge in [-0.1, -0.05) is 0 Å². The predicted octanol–water partition coefficient (Wildman–Crippen LogP) is 0.371. The van der Waals surface area contributed by atoms with E-state index in [0.29, 0.717) is 57.4 Å². The molecule has 0 saturated carbocycles. The molecular formula is C20H34N4O5S2. The predicted molar refractivity (Wildman–Crippen MR) is 123 cm³/mol. The first-order valence-corrected chi connectivity index (χ1v) is 13.5. The highest BCUT2D eigenvalue weighted by Gasteiger charge is 2.40. The molecular weight excluding hydrogens is 440 g/mol. The van der Waals surface area contributed by atoms with E-state index in [1.165, 1.54) is 9.80 Å². The molecule has 0 aromatic carbocycles. The maximum Gasteiger partial charge on any atom is 0.326 e. The minimum Gasteiger partial charge on any atom is -0.480 e. The van der Waals surface area contributed by atoms with Crippen molar-refractivity contribution in [1.82, 2.24) is 15.1 Å². The van der Waals surface area contributed by atoms with Crippen molar-refractivity contribution in [3.63, 3.8) is 0 Å². The lowest BCUT2D eigenvalue weighted by Gasteiger charge is -2.30. The Hall–Kier alpha value is -1.46. The standard InChI is InChI=1S/C20H34N4O5S2/c1-30-11-7-13(21)18(26)23-9-3-5-15(23)17(25)22-14(8-12-31-2)19(27)24-10-4-6-16(24)20(28)29/h13-16H,3-12,21H2,1-2H3,(H,22,25)(H,28,29). The van der Waals surface area contributed by atoms with Gasteiger partial charge in [-0.05, 0) is 62.5 Å². The largest absolute Gasteiger partial charge is 0.480 e. The highest BCUT2D eigenvalue weighted by atomic mass is 32.2. The van der Waals surface area contributed by atoms with Crippen molar-refractivity contribution in [1.29, 1.82) is 0 Å². The summed E-state index contributed by atoms with van der Waals surface area (Å²) in [5.74, 6) is -0.566.